The second-order valence-electron chi connectivity index (χ2n) is 8.10. The van der Waals surface area contributed by atoms with E-state index in [0.717, 1.165) is 25.1 Å². The van der Waals surface area contributed by atoms with Crippen LogP contribution in [0.1, 0.15) is 27.2 Å². The van der Waals surface area contributed by atoms with E-state index >= 15 is 0 Å². The number of amides is 1. The first-order chi connectivity index (χ1) is 14.6. The van der Waals surface area contributed by atoms with Gasteiger partial charge in [0.25, 0.3) is 5.91 Å². The number of rotatable bonds is 3. The molecule has 0 radical (unpaired) electrons. The standard InChI is InChI=1S/C25H25N3OS/c1-16-4-9-22-19(12-16)20-13-27(3)11-10-23(20)28(22)24-15-30-14-21(24)17-5-7-18(8-6-17)25(29)26-2/h4-9,12,14-15H,10-11,13H2,1-3H3,(H,26,29). The minimum atomic E-state index is -0.0583. The Kier molecular flexibility index (Phi) is 4.72. The quantitative estimate of drug-likeness (QED) is 0.510. The first-order valence-corrected chi connectivity index (χ1v) is 11.2. The van der Waals surface area contributed by atoms with Crippen LogP contribution in [0.15, 0.2) is 53.2 Å². The number of hydrogen-bond donors (Lipinski definition) is 1. The zero-order chi connectivity index (χ0) is 20.8. The number of aryl methyl sites for hydroxylation is 1. The molecule has 4 nitrogen and oxygen atoms in total. The van der Waals surface area contributed by atoms with Gasteiger partial charge in [-0.25, -0.2) is 0 Å². The van der Waals surface area contributed by atoms with Crippen molar-refractivity contribution in [3.63, 3.8) is 0 Å². The van der Waals surface area contributed by atoms with Crippen molar-refractivity contribution in [3.05, 3.63) is 75.6 Å². The van der Waals surface area contributed by atoms with Crippen LogP contribution in [-0.2, 0) is 13.0 Å². The minimum absolute atomic E-state index is 0.0583. The van der Waals surface area contributed by atoms with Crippen LogP contribution in [0.3, 0.4) is 0 Å². The molecule has 0 bridgehead atoms. The summed E-state index contributed by atoms with van der Waals surface area (Å²) in [6, 6.07) is 14.7. The Morgan fingerprint density at radius 2 is 1.90 bits per heavy atom. The lowest BCUT2D eigenvalue weighted by atomic mass is 10.0. The molecule has 0 saturated carbocycles. The van der Waals surface area contributed by atoms with E-state index in [1.807, 2.05) is 24.3 Å². The average molecular weight is 416 g/mol. The maximum atomic E-state index is 11.9. The molecule has 1 amide bonds. The molecule has 2 aromatic carbocycles. The molecule has 0 saturated heterocycles. The number of aromatic nitrogens is 1. The minimum Gasteiger partial charge on any atom is -0.355 e. The maximum absolute atomic E-state index is 11.9. The van der Waals surface area contributed by atoms with Gasteiger partial charge in [0.15, 0.2) is 0 Å². The molecule has 152 valence electrons. The molecule has 1 aliphatic rings. The number of carbonyl (C=O) groups is 1. The lowest BCUT2D eigenvalue weighted by Crippen LogP contribution is -2.27. The Labute approximate surface area is 180 Å². The van der Waals surface area contributed by atoms with E-state index in [9.17, 15) is 4.79 Å². The predicted molar refractivity (Wildman–Crippen MR) is 125 cm³/mol. The molecule has 0 spiro atoms. The van der Waals surface area contributed by atoms with Crippen LogP contribution >= 0.6 is 11.3 Å². The van der Waals surface area contributed by atoms with Gasteiger partial charge in [0, 0.05) is 59.5 Å². The van der Waals surface area contributed by atoms with Crippen molar-refractivity contribution in [2.45, 2.75) is 19.9 Å². The predicted octanol–water partition coefficient (Wildman–Crippen LogP) is 5.01. The monoisotopic (exact) mass is 415 g/mol. The highest BCUT2D eigenvalue weighted by Crippen LogP contribution is 2.38. The number of likely N-dealkylation sites (N-methyl/N-ethyl adjacent to an activating group) is 1. The largest absolute Gasteiger partial charge is 0.355 e. The van der Waals surface area contributed by atoms with E-state index in [2.05, 4.69) is 57.7 Å². The molecule has 0 atom stereocenters. The van der Waals surface area contributed by atoms with Gasteiger partial charge in [0.1, 0.15) is 0 Å². The smallest absolute Gasteiger partial charge is 0.251 e. The third-order valence-electron chi connectivity index (χ3n) is 6.06. The first-order valence-electron chi connectivity index (χ1n) is 10.3. The number of nitrogens with zero attached hydrogens (tertiary/aromatic N) is 2. The molecule has 1 N–H and O–H groups in total. The number of fused-ring (bicyclic) bond motifs is 3. The lowest BCUT2D eigenvalue weighted by Gasteiger charge is -2.24. The van der Waals surface area contributed by atoms with Gasteiger partial charge >= 0.3 is 0 Å². The molecule has 5 heteroatoms. The topological polar surface area (TPSA) is 37.3 Å². The maximum Gasteiger partial charge on any atom is 0.251 e. The molecule has 0 unspecified atom stereocenters. The summed E-state index contributed by atoms with van der Waals surface area (Å²) < 4.78 is 2.47. The average Bonchev–Trinajstić information content (AvgIpc) is 3.35. The highest BCUT2D eigenvalue weighted by Gasteiger charge is 2.24. The number of hydrogen-bond acceptors (Lipinski definition) is 3. The van der Waals surface area contributed by atoms with E-state index in [1.165, 1.54) is 39.0 Å². The van der Waals surface area contributed by atoms with Crippen LogP contribution in [0.4, 0.5) is 0 Å². The normalized spacial score (nSPS) is 14.1. The summed E-state index contributed by atoms with van der Waals surface area (Å²) in [7, 11) is 3.86. The highest BCUT2D eigenvalue weighted by molar-refractivity contribution is 7.08. The fraction of sp³-hybridized carbons (Fsp3) is 0.240. The van der Waals surface area contributed by atoms with Crippen molar-refractivity contribution >= 4 is 28.1 Å². The Morgan fingerprint density at radius 3 is 2.67 bits per heavy atom. The lowest BCUT2D eigenvalue weighted by molar-refractivity contribution is 0.0963. The molecule has 1 aliphatic heterocycles. The van der Waals surface area contributed by atoms with Crippen molar-refractivity contribution < 1.29 is 4.79 Å². The van der Waals surface area contributed by atoms with Crippen molar-refractivity contribution in [1.29, 1.82) is 0 Å². The summed E-state index contributed by atoms with van der Waals surface area (Å²) in [6.45, 7) is 4.23. The number of carbonyl (C=O) groups excluding carboxylic acids is 1. The third kappa shape index (κ3) is 3.06. The summed E-state index contributed by atoms with van der Waals surface area (Å²) in [5, 5.41) is 8.51. The van der Waals surface area contributed by atoms with Gasteiger partial charge < -0.3 is 14.8 Å². The second kappa shape index (κ2) is 7.42. The molecule has 0 fully saturated rings. The Hall–Kier alpha value is -2.89. The Balaban J connectivity index is 1.68. The summed E-state index contributed by atoms with van der Waals surface area (Å²) in [4.78, 5) is 14.3. The fourth-order valence-corrected chi connectivity index (χ4v) is 5.33. The van der Waals surface area contributed by atoms with Crippen LogP contribution in [0.2, 0.25) is 0 Å². The third-order valence-corrected chi connectivity index (χ3v) is 6.79. The van der Waals surface area contributed by atoms with Crippen LogP contribution in [-0.4, -0.2) is 36.0 Å². The molecule has 5 rings (SSSR count). The van der Waals surface area contributed by atoms with E-state index in [0.29, 0.717) is 5.56 Å². The number of nitrogens with one attached hydrogen (secondary N) is 1. The summed E-state index contributed by atoms with van der Waals surface area (Å²) in [5.41, 5.74) is 9.71. The fourth-order valence-electron chi connectivity index (χ4n) is 4.51. The highest BCUT2D eigenvalue weighted by atomic mass is 32.1. The van der Waals surface area contributed by atoms with E-state index in [4.69, 9.17) is 0 Å². The Bertz CT molecular complexity index is 1250. The number of benzene rings is 2. The van der Waals surface area contributed by atoms with E-state index in [1.54, 1.807) is 18.4 Å². The molecular weight excluding hydrogens is 390 g/mol. The van der Waals surface area contributed by atoms with Gasteiger partial charge in [-0.1, -0.05) is 23.8 Å². The van der Waals surface area contributed by atoms with Crippen molar-refractivity contribution in [3.8, 4) is 16.8 Å². The van der Waals surface area contributed by atoms with Crippen LogP contribution < -0.4 is 5.32 Å². The summed E-state index contributed by atoms with van der Waals surface area (Å²) in [5.74, 6) is -0.0583. The number of thiophene rings is 1. The van der Waals surface area contributed by atoms with Crippen LogP contribution in [0.5, 0.6) is 0 Å². The molecule has 0 aliphatic carbocycles. The molecule has 30 heavy (non-hydrogen) atoms. The van der Waals surface area contributed by atoms with Gasteiger partial charge in [-0.15, -0.1) is 11.3 Å². The van der Waals surface area contributed by atoms with Crippen LogP contribution in [0.25, 0.3) is 27.7 Å². The molecule has 2 aromatic heterocycles. The van der Waals surface area contributed by atoms with Crippen molar-refractivity contribution in [1.82, 2.24) is 14.8 Å². The summed E-state index contributed by atoms with van der Waals surface area (Å²) >= 11 is 1.73. The van der Waals surface area contributed by atoms with Crippen molar-refractivity contribution in [2.24, 2.45) is 0 Å². The molecule has 3 heterocycles. The van der Waals surface area contributed by atoms with E-state index < -0.39 is 0 Å². The SMILES string of the molecule is CNC(=O)c1ccc(-c2cscc2-n2c3c(c4cc(C)ccc42)CN(C)CC3)cc1. The molecular formula is C25H25N3OS. The summed E-state index contributed by atoms with van der Waals surface area (Å²) in [6.07, 6.45) is 1.05. The van der Waals surface area contributed by atoms with Gasteiger partial charge in [0.2, 0.25) is 0 Å². The van der Waals surface area contributed by atoms with Crippen LogP contribution in [0, 0.1) is 6.92 Å². The zero-order valence-electron chi connectivity index (χ0n) is 17.5. The van der Waals surface area contributed by atoms with Gasteiger partial charge in [-0.2, -0.15) is 0 Å². The van der Waals surface area contributed by atoms with Gasteiger partial charge in [-0.3, -0.25) is 4.79 Å². The van der Waals surface area contributed by atoms with Gasteiger partial charge in [-0.05, 0) is 49.4 Å². The van der Waals surface area contributed by atoms with Gasteiger partial charge in [0.05, 0.1) is 11.2 Å². The van der Waals surface area contributed by atoms with E-state index in [-0.39, 0.29) is 5.91 Å². The second-order valence-corrected chi connectivity index (χ2v) is 8.84. The molecule has 4 aromatic rings. The zero-order valence-corrected chi connectivity index (χ0v) is 18.3. The Morgan fingerprint density at radius 1 is 1.10 bits per heavy atom. The van der Waals surface area contributed by atoms with Crippen molar-refractivity contribution in [2.75, 3.05) is 20.6 Å². The first kappa shape index (κ1) is 19.1.